The molecule has 0 aliphatic rings. The summed E-state index contributed by atoms with van der Waals surface area (Å²) in [6.45, 7) is 0. The monoisotopic (exact) mass is 240 g/mol. The molecule has 0 saturated carbocycles. The molecule has 0 unspecified atom stereocenters. The summed E-state index contributed by atoms with van der Waals surface area (Å²) < 4.78 is 17.3. The number of hydrogen-bond acceptors (Lipinski definition) is 6. The van der Waals surface area contributed by atoms with E-state index in [9.17, 15) is 0 Å². The van der Waals surface area contributed by atoms with Crippen molar-refractivity contribution in [1.29, 1.82) is 0 Å². The third-order valence-corrected chi connectivity index (χ3v) is 0. The Balaban J connectivity index is -0.0000000457. The van der Waals surface area contributed by atoms with Crippen molar-refractivity contribution in [3.8, 4) is 0 Å². The summed E-state index contributed by atoms with van der Waals surface area (Å²) in [4.78, 5) is 48.6. The summed E-state index contributed by atoms with van der Waals surface area (Å²) >= 11 is 0. The van der Waals surface area contributed by atoms with E-state index in [0.717, 1.165) is 0 Å². The molecule has 0 saturated heterocycles. The largest absolute Gasteiger partial charge is 2.00 e. The van der Waals surface area contributed by atoms with Crippen molar-refractivity contribution in [3.05, 3.63) is 0 Å². The SMILES string of the molecule is O=P([O-])([O-])O.O=P([O-])([O-])O.[Mg+2].[Mg+2]. The van der Waals surface area contributed by atoms with Gasteiger partial charge in [0.25, 0.3) is 0 Å². The molecule has 64 valence electrons. The summed E-state index contributed by atoms with van der Waals surface area (Å²) in [5.74, 6) is 0. The normalized spacial score (nSPS) is 9.83. The summed E-state index contributed by atoms with van der Waals surface area (Å²) in [7, 11) is -10.3. The molecule has 2 N–H and O–H groups in total. The second-order valence-corrected chi connectivity index (χ2v) is 2.81. The van der Waals surface area contributed by atoms with Gasteiger partial charge in [0.1, 0.15) is 0 Å². The van der Waals surface area contributed by atoms with Crippen molar-refractivity contribution in [2.45, 2.75) is 0 Å². The van der Waals surface area contributed by atoms with Crippen LogP contribution in [0.1, 0.15) is 0 Å². The molecule has 0 atom stereocenters. The Hall–Kier alpha value is 1.75. The Morgan fingerprint density at radius 3 is 0.750 bits per heavy atom. The van der Waals surface area contributed by atoms with Gasteiger partial charge in [-0.2, -0.15) is 0 Å². The summed E-state index contributed by atoms with van der Waals surface area (Å²) in [5, 5.41) is 0. The molecule has 8 nitrogen and oxygen atoms in total. The van der Waals surface area contributed by atoms with Crippen LogP contribution in [-0.4, -0.2) is 55.9 Å². The molecule has 0 fully saturated rings. The maximum absolute atomic E-state index is 8.66. The first kappa shape index (κ1) is 23.5. The van der Waals surface area contributed by atoms with Gasteiger partial charge < -0.3 is 38.5 Å². The van der Waals surface area contributed by atoms with Gasteiger partial charge in [-0.3, -0.25) is 0 Å². The van der Waals surface area contributed by atoms with Crippen LogP contribution >= 0.6 is 15.6 Å². The van der Waals surface area contributed by atoms with Gasteiger partial charge in [-0.25, -0.2) is 0 Å². The molecule has 0 bridgehead atoms. The van der Waals surface area contributed by atoms with Crippen LogP contribution in [0.15, 0.2) is 0 Å². The quantitative estimate of drug-likeness (QED) is 0.313. The molecular formula is H2Mg2O8P2. The van der Waals surface area contributed by atoms with Crippen molar-refractivity contribution >= 4 is 61.8 Å². The van der Waals surface area contributed by atoms with Crippen LogP contribution in [0, 0.1) is 0 Å². The Morgan fingerprint density at radius 1 is 0.750 bits per heavy atom. The van der Waals surface area contributed by atoms with Crippen molar-refractivity contribution in [1.82, 2.24) is 0 Å². The molecule has 0 aromatic carbocycles. The third-order valence-electron chi connectivity index (χ3n) is 0. The van der Waals surface area contributed by atoms with Gasteiger partial charge in [0, 0.05) is 0 Å². The van der Waals surface area contributed by atoms with Gasteiger partial charge in [-0.05, 0) is 0 Å². The van der Waals surface area contributed by atoms with Crippen LogP contribution in [0.2, 0.25) is 0 Å². The topological polar surface area (TPSA) is 167 Å². The average Bonchev–Trinajstić information content (AvgIpc) is 1.12. The number of hydrogen-bond donors (Lipinski definition) is 2. The van der Waals surface area contributed by atoms with Gasteiger partial charge in [-0.15, -0.1) is 0 Å². The first-order valence-corrected chi connectivity index (χ1v) is 4.49. The second kappa shape index (κ2) is 9.31. The Kier molecular flexibility index (Phi) is 18.2. The van der Waals surface area contributed by atoms with E-state index in [-0.39, 0.29) is 46.1 Å². The third kappa shape index (κ3) is 442. The summed E-state index contributed by atoms with van der Waals surface area (Å²) in [5.41, 5.74) is 0. The smallest absolute Gasteiger partial charge is 0.790 e. The van der Waals surface area contributed by atoms with E-state index in [1.807, 2.05) is 0 Å². The van der Waals surface area contributed by atoms with Crippen LogP contribution < -0.4 is 19.6 Å². The van der Waals surface area contributed by atoms with Gasteiger partial charge >= 0.3 is 46.1 Å². The predicted molar refractivity (Wildman–Crippen MR) is 31.2 cm³/mol. The van der Waals surface area contributed by atoms with E-state index in [2.05, 4.69) is 0 Å². The van der Waals surface area contributed by atoms with Crippen LogP contribution in [0.5, 0.6) is 0 Å². The molecule has 0 rings (SSSR count). The second-order valence-electron chi connectivity index (χ2n) is 0.937. The maximum Gasteiger partial charge on any atom is 2.00 e. The predicted octanol–water partition coefficient (Wildman–Crippen LogP) is -5.15. The fourth-order valence-electron chi connectivity index (χ4n) is 0. The van der Waals surface area contributed by atoms with E-state index >= 15 is 0 Å². The molecular weight excluding hydrogens is 239 g/mol. The first-order valence-electron chi connectivity index (χ1n) is 1.50. The Labute approximate surface area is 99.8 Å². The molecule has 0 radical (unpaired) electrons. The Bertz CT molecular complexity index is 127. The number of phosphoric acid groups is 2. The van der Waals surface area contributed by atoms with Crippen molar-refractivity contribution < 1.29 is 38.5 Å². The summed E-state index contributed by atoms with van der Waals surface area (Å²) in [6, 6.07) is 0. The van der Waals surface area contributed by atoms with E-state index in [1.54, 1.807) is 0 Å². The minimum absolute atomic E-state index is 0. The molecule has 0 aromatic heterocycles. The van der Waals surface area contributed by atoms with Gasteiger partial charge in [-0.1, -0.05) is 0 Å². The zero-order valence-corrected chi connectivity index (χ0v) is 10.3. The minimum atomic E-state index is -5.14. The minimum Gasteiger partial charge on any atom is -0.790 e. The van der Waals surface area contributed by atoms with Crippen LogP contribution in [-0.2, 0) is 9.13 Å². The van der Waals surface area contributed by atoms with E-state index < -0.39 is 15.6 Å². The maximum atomic E-state index is 8.66. The average molecular weight is 241 g/mol. The van der Waals surface area contributed by atoms with E-state index in [1.165, 1.54) is 0 Å². The standard InChI is InChI=1S/2Mg.2H3O4P/c;;2*1-5(2,3)4/h;;2*(H3,1,2,3,4)/q2*+2;;/p-4. The summed E-state index contributed by atoms with van der Waals surface area (Å²) in [6.07, 6.45) is 0. The number of rotatable bonds is 0. The molecule has 0 aliphatic carbocycles. The molecule has 0 aliphatic heterocycles. The molecule has 0 spiro atoms. The van der Waals surface area contributed by atoms with Crippen molar-refractivity contribution in [2.24, 2.45) is 0 Å². The van der Waals surface area contributed by atoms with Crippen molar-refractivity contribution in [3.63, 3.8) is 0 Å². The molecule has 12 heteroatoms. The van der Waals surface area contributed by atoms with Gasteiger partial charge in [0.05, 0.1) is 15.6 Å². The van der Waals surface area contributed by atoms with Gasteiger partial charge in [0.2, 0.25) is 0 Å². The molecule has 0 aromatic rings. The molecule has 0 amide bonds. The van der Waals surface area contributed by atoms with Crippen molar-refractivity contribution in [2.75, 3.05) is 0 Å². The molecule has 0 heterocycles. The zero-order valence-electron chi connectivity index (χ0n) is 5.65. The Morgan fingerprint density at radius 2 is 0.750 bits per heavy atom. The fourth-order valence-corrected chi connectivity index (χ4v) is 0. The van der Waals surface area contributed by atoms with Crippen LogP contribution in [0.25, 0.3) is 0 Å². The van der Waals surface area contributed by atoms with Crippen LogP contribution in [0.3, 0.4) is 0 Å². The molecule has 12 heavy (non-hydrogen) atoms. The van der Waals surface area contributed by atoms with Crippen LogP contribution in [0.4, 0.5) is 0 Å². The fraction of sp³-hybridized carbons (Fsp3) is 0. The van der Waals surface area contributed by atoms with E-state index in [0.29, 0.717) is 0 Å². The zero-order chi connectivity index (χ0) is 9.00. The first-order chi connectivity index (χ1) is 4.00. The van der Waals surface area contributed by atoms with Gasteiger partial charge in [0.15, 0.2) is 0 Å². The van der Waals surface area contributed by atoms with E-state index in [4.69, 9.17) is 38.5 Å².